The average Bonchev–Trinajstić information content (AvgIpc) is 3.30. The van der Waals surface area contributed by atoms with Gasteiger partial charge in [-0.2, -0.15) is 5.10 Å². The summed E-state index contributed by atoms with van der Waals surface area (Å²) in [5, 5.41) is 5.60. The number of aromatic nitrogens is 2. The van der Waals surface area contributed by atoms with Crippen molar-refractivity contribution in [2.24, 2.45) is 0 Å². The summed E-state index contributed by atoms with van der Waals surface area (Å²) in [6.45, 7) is 2.72. The molecule has 134 valence electrons. The van der Waals surface area contributed by atoms with Crippen molar-refractivity contribution < 1.29 is 23.7 Å². The highest BCUT2D eigenvalue weighted by atomic mass is 16.6. The van der Waals surface area contributed by atoms with Crippen LogP contribution >= 0.6 is 0 Å². The van der Waals surface area contributed by atoms with Crippen LogP contribution in [0.3, 0.4) is 0 Å². The minimum atomic E-state index is -0.408. The van der Waals surface area contributed by atoms with Crippen LogP contribution in [0.15, 0.2) is 18.3 Å². The molecule has 7 nitrogen and oxygen atoms in total. The fourth-order valence-electron chi connectivity index (χ4n) is 3.36. The van der Waals surface area contributed by atoms with E-state index in [1.165, 1.54) is 7.11 Å². The van der Waals surface area contributed by atoms with E-state index >= 15 is 0 Å². The predicted octanol–water partition coefficient (Wildman–Crippen LogP) is 2.34. The van der Waals surface area contributed by atoms with E-state index in [0.717, 1.165) is 43.4 Å². The molecule has 0 bridgehead atoms. The van der Waals surface area contributed by atoms with Crippen molar-refractivity contribution in [1.82, 2.24) is 9.78 Å². The number of nitrogens with zero attached hydrogens (tertiary/aromatic N) is 2. The van der Waals surface area contributed by atoms with Gasteiger partial charge >= 0.3 is 5.97 Å². The van der Waals surface area contributed by atoms with E-state index in [9.17, 15) is 4.79 Å². The van der Waals surface area contributed by atoms with E-state index in [0.29, 0.717) is 30.6 Å². The Labute approximate surface area is 145 Å². The molecule has 1 aromatic carbocycles. The number of esters is 1. The molecule has 25 heavy (non-hydrogen) atoms. The molecule has 0 saturated carbocycles. The van der Waals surface area contributed by atoms with E-state index in [-0.39, 0.29) is 6.10 Å². The van der Waals surface area contributed by atoms with E-state index in [4.69, 9.17) is 24.0 Å². The van der Waals surface area contributed by atoms with Crippen LogP contribution in [0.25, 0.3) is 10.9 Å². The number of hydrogen-bond acceptors (Lipinski definition) is 6. The van der Waals surface area contributed by atoms with E-state index in [1.54, 1.807) is 6.07 Å². The largest absolute Gasteiger partial charge is 0.487 e. The average molecular weight is 346 g/mol. The van der Waals surface area contributed by atoms with Crippen molar-refractivity contribution in [3.63, 3.8) is 0 Å². The molecule has 0 radical (unpaired) electrons. The zero-order chi connectivity index (χ0) is 17.2. The number of fused-ring (bicyclic) bond motifs is 1. The van der Waals surface area contributed by atoms with Crippen molar-refractivity contribution in [1.29, 1.82) is 0 Å². The van der Waals surface area contributed by atoms with Crippen LogP contribution in [0.2, 0.25) is 0 Å². The van der Waals surface area contributed by atoms with Gasteiger partial charge in [0.15, 0.2) is 0 Å². The number of hydrogen-bond donors (Lipinski definition) is 0. The van der Waals surface area contributed by atoms with Gasteiger partial charge in [-0.15, -0.1) is 0 Å². The van der Waals surface area contributed by atoms with Crippen LogP contribution < -0.4 is 4.74 Å². The van der Waals surface area contributed by atoms with Crippen molar-refractivity contribution >= 4 is 16.9 Å². The summed E-state index contributed by atoms with van der Waals surface area (Å²) >= 11 is 0. The molecular formula is C18H22N2O5. The number of ether oxygens (including phenoxy) is 4. The molecule has 0 amide bonds. The summed E-state index contributed by atoms with van der Waals surface area (Å²) in [5.41, 5.74) is 1.24. The fraction of sp³-hybridized carbons (Fsp3) is 0.556. The quantitative estimate of drug-likeness (QED) is 0.792. The molecule has 1 atom stereocenters. The van der Waals surface area contributed by atoms with E-state index in [1.807, 2.05) is 16.9 Å². The first-order valence-electron chi connectivity index (χ1n) is 8.68. The SMILES string of the molecule is COC(=O)c1cc2cn(C3CCOCC3)nc2cc1OC1CCOC1. The Balaban J connectivity index is 1.69. The van der Waals surface area contributed by atoms with Gasteiger partial charge < -0.3 is 18.9 Å². The van der Waals surface area contributed by atoms with Gasteiger partial charge in [0.05, 0.1) is 31.9 Å². The van der Waals surface area contributed by atoms with Crippen molar-refractivity contribution in [2.75, 3.05) is 33.5 Å². The van der Waals surface area contributed by atoms with E-state index in [2.05, 4.69) is 0 Å². The van der Waals surface area contributed by atoms with Crippen LogP contribution in [-0.4, -0.2) is 55.4 Å². The van der Waals surface area contributed by atoms with Crippen molar-refractivity contribution in [2.45, 2.75) is 31.4 Å². The van der Waals surface area contributed by atoms with Gasteiger partial charge in [-0.25, -0.2) is 4.79 Å². The van der Waals surface area contributed by atoms with Crippen LogP contribution in [0.4, 0.5) is 0 Å². The monoisotopic (exact) mass is 346 g/mol. The van der Waals surface area contributed by atoms with Crippen molar-refractivity contribution in [3.05, 3.63) is 23.9 Å². The Hall–Kier alpha value is -2.12. The molecule has 0 N–H and O–H groups in total. The van der Waals surface area contributed by atoms with Gasteiger partial charge in [0.1, 0.15) is 17.4 Å². The molecule has 3 heterocycles. The Morgan fingerprint density at radius 3 is 2.72 bits per heavy atom. The second-order valence-corrected chi connectivity index (χ2v) is 6.45. The minimum absolute atomic E-state index is 0.0431. The number of carbonyl (C=O) groups excluding carboxylic acids is 1. The summed E-state index contributed by atoms with van der Waals surface area (Å²) in [4.78, 5) is 12.2. The molecule has 2 fully saturated rings. The second-order valence-electron chi connectivity index (χ2n) is 6.45. The predicted molar refractivity (Wildman–Crippen MR) is 90.0 cm³/mol. The van der Waals surface area contributed by atoms with Gasteiger partial charge in [0, 0.05) is 37.3 Å². The summed E-state index contributed by atoms with van der Waals surface area (Å²) < 4.78 is 23.7. The van der Waals surface area contributed by atoms with Crippen molar-refractivity contribution in [3.8, 4) is 5.75 Å². The second kappa shape index (κ2) is 7.01. The first-order valence-corrected chi connectivity index (χ1v) is 8.68. The molecule has 1 unspecified atom stereocenters. The maximum Gasteiger partial charge on any atom is 0.341 e. The summed E-state index contributed by atoms with van der Waals surface area (Å²) in [6, 6.07) is 3.96. The Morgan fingerprint density at radius 2 is 2.00 bits per heavy atom. The lowest BCUT2D eigenvalue weighted by molar-refractivity contribution is 0.0591. The smallest absolute Gasteiger partial charge is 0.341 e. The van der Waals surface area contributed by atoms with Gasteiger partial charge in [-0.1, -0.05) is 0 Å². The summed E-state index contributed by atoms with van der Waals surface area (Å²) in [7, 11) is 1.38. The van der Waals surface area contributed by atoms with Crippen LogP contribution in [-0.2, 0) is 14.2 Å². The molecule has 2 aliphatic heterocycles. The highest BCUT2D eigenvalue weighted by Crippen LogP contribution is 2.30. The standard InChI is InChI=1S/C18H22N2O5/c1-22-18(21)15-8-12-10-20(13-2-5-23-6-3-13)19-16(12)9-17(15)25-14-4-7-24-11-14/h8-10,13-14H,2-7,11H2,1H3. The molecule has 2 aliphatic rings. The number of rotatable bonds is 4. The molecule has 1 aromatic heterocycles. The minimum Gasteiger partial charge on any atom is -0.487 e. The van der Waals surface area contributed by atoms with Crippen LogP contribution in [0, 0.1) is 0 Å². The van der Waals surface area contributed by atoms with Gasteiger partial charge in [-0.05, 0) is 18.9 Å². The fourth-order valence-corrected chi connectivity index (χ4v) is 3.36. The number of methoxy groups -OCH3 is 1. The van der Waals surface area contributed by atoms with Gasteiger partial charge in [0.25, 0.3) is 0 Å². The summed E-state index contributed by atoms with van der Waals surface area (Å²) in [5.74, 6) is 0.0988. The number of benzene rings is 1. The van der Waals surface area contributed by atoms with E-state index < -0.39 is 5.97 Å². The zero-order valence-electron chi connectivity index (χ0n) is 14.3. The maximum atomic E-state index is 12.2. The Bertz CT molecular complexity index is 760. The molecular weight excluding hydrogens is 324 g/mol. The third-order valence-corrected chi connectivity index (χ3v) is 4.78. The maximum absolute atomic E-state index is 12.2. The lowest BCUT2D eigenvalue weighted by Gasteiger charge is -2.22. The lowest BCUT2D eigenvalue weighted by Crippen LogP contribution is -2.19. The normalized spacial score (nSPS) is 21.6. The first-order chi connectivity index (χ1) is 12.2. The zero-order valence-corrected chi connectivity index (χ0v) is 14.3. The third kappa shape index (κ3) is 3.34. The van der Waals surface area contributed by atoms with Crippen LogP contribution in [0.5, 0.6) is 5.75 Å². The Kier molecular flexibility index (Phi) is 4.59. The topological polar surface area (TPSA) is 71.8 Å². The third-order valence-electron chi connectivity index (χ3n) is 4.78. The number of carbonyl (C=O) groups is 1. The first kappa shape index (κ1) is 16.4. The summed E-state index contributed by atoms with van der Waals surface area (Å²) in [6.07, 6.45) is 4.65. The molecule has 2 aromatic rings. The highest BCUT2D eigenvalue weighted by Gasteiger charge is 2.23. The van der Waals surface area contributed by atoms with Gasteiger partial charge in [-0.3, -0.25) is 4.68 Å². The lowest BCUT2D eigenvalue weighted by atomic mass is 10.1. The van der Waals surface area contributed by atoms with Crippen LogP contribution in [0.1, 0.15) is 35.7 Å². The molecule has 4 rings (SSSR count). The molecule has 7 heteroatoms. The van der Waals surface area contributed by atoms with Gasteiger partial charge in [0.2, 0.25) is 0 Å². The molecule has 0 aliphatic carbocycles. The molecule has 0 spiro atoms. The Morgan fingerprint density at radius 1 is 1.20 bits per heavy atom. The highest BCUT2D eigenvalue weighted by molar-refractivity contribution is 5.97. The molecule has 2 saturated heterocycles.